The Hall–Kier alpha value is -2.04. The number of hydrogen-bond donors (Lipinski definition) is 2. The Labute approximate surface area is 106 Å². The molecule has 0 unspecified atom stereocenters. The minimum Gasteiger partial charge on any atom is -0.465 e. The first-order valence-electron chi connectivity index (χ1n) is 5.86. The average molecular weight is 250 g/mol. The predicted octanol–water partition coefficient (Wildman–Crippen LogP) is 2.18. The zero-order valence-electron chi connectivity index (χ0n) is 10.7. The standard InChI is InChI=1S/C13H18N2O3/c1-3-4-5-12(16)15-11-8-9(13(17)18-2)6-7-10(11)14/h6-8H,3-5,14H2,1-2H3,(H,15,16). The molecular weight excluding hydrogens is 232 g/mol. The SMILES string of the molecule is CCCCC(=O)Nc1cc(C(=O)OC)ccc1N. The third-order valence-corrected chi connectivity index (χ3v) is 2.51. The van der Waals surface area contributed by atoms with Crippen LogP contribution in [0.4, 0.5) is 11.4 Å². The van der Waals surface area contributed by atoms with Gasteiger partial charge in [0.15, 0.2) is 0 Å². The molecular formula is C13H18N2O3. The van der Waals surface area contributed by atoms with Gasteiger partial charge in [0, 0.05) is 6.42 Å². The zero-order valence-corrected chi connectivity index (χ0v) is 10.7. The number of ether oxygens (including phenoxy) is 1. The quantitative estimate of drug-likeness (QED) is 0.620. The van der Waals surface area contributed by atoms with E-state index < -0.39 is 5.97 Å². The fraction of sp³-hybridized carbons (Fsp3) is 0.385. The maximum absolute atomic E-state index is 11.6. The van der Waals surface area contributed by atoms with Gasteiger partial charge < -0.3 is 15.8 Å². The monoisotopic (exact) mass is 250 g/mol. The fourth-order valence-electron chi connectivity index (χ4n) is 1.46. The number of anilines is 2. The van der Waals surface area contributed by atoms with E-state index in [2.05, 4.69) is 10.1 Å². The number of carbonyl (C=O) groups is 2. The van der Waals surface area contributed by atoms with E-state index in [9.17, 15) is 9.59 Å². The topological polar surface area (TPSA) is 81.4 Å². The van der Waals surface area contributed by atoms with E-state index in [-0.39, 0.29) is 5.91 Å². The Balaban J connectivity index is 2.81. The van der Waals surface area contributed by atoms with Crippen LogP contribution in [0.2, 0.25) is 0 Å². The van der Waals surface area contributed by atoms with Crippen molar-refractivity contribution >= 4 is 23.3 Å². The van der Waals surface area contributed by atoms with Crippen molar-refractivity contribution in [3.8, 4) is 0 Å². The molecule has 98 valence electrons. The third-order valence-electron chi connectivity index (χ3n) is 2.51. The Bertz CT molecular complexity index is 444. The number of carbonyl (C=O) groups excluding carboxylic acids is 2. The van der Waals surface area contributed by atoms with Gasteiger partial charge in [0.1, 0.15) is 0 Å². The first-order valence-corrected chi connectivity index (χ1v) is 5.86. The van der Waals surface area contributed by atoms with Crippen molar-refractivity contribution in [1.29, 1.82) is 0 Å². The number of amides is 1. The first-order chi connectivity index (χ1) is 8.58. The highest BCUT2D eigenvalue weighted by molar-refractivity contribution is 5.97. The Morgan fingerprint density at radius 2 is 2.11 bits per heavy atom. The molecule has 3 N–H and O–H groups in total. The van der Waals surface area contributed by atoms with Gasteiger partial charge in [-0.3, -0.25) is 4.79 Å². The van der Waals surface area contributed by atoms with Crippen LogP contribution in [0.25, 0.3) is 0 Å². The summed E-state index contributed by atoms with van der Waals surface area (Å²) in [5, 5.41) is 2.69. The number of nitrogens with one attached hydrogen (secondary N) is 1. The van der Waals surface area contributed by atoms with E-state index >= 15 is 0 Å². The molecule has 0 heterocycles. The molecule has 0 aliphatic rings. The molecule has 0 radical (unpaired) electrons. The predicted molar refractivity (Wildman–Crippen MR) is 70.3 cm³/mol. The summed E-state index contributed by atoms with van der Waals surface area (Å²) >= 11 is 0. The fourth-order valence-corrected chi connectivity index (χ4v) is 1.46. The van der Waals surface area contributed by atoms with Crippen LogP contribution in [0.5, 0.6) is 0 Å². The van der Waals surface area contributed by atoms with Crippen LogP contribution in [0, 0.1) is 0 Å². The highest BCUT2D eigenvalue weighted by atomic mass is 16.5. The second kappa shape index (κ2) is 6.64. The van der Waals surface area contributed by atoms with Crippen molar-refractivity contribution in [2.75, 3.05) is 18.2 Å². The molecule has 0 atom stereocenters. The summed E-state index contributed by atoms with van der Waals surface area (Å²) in [5.41, 5.74) is 6.97. The average Bonchev–Trinajstić information content (AvgIpc) is 2.38. The number of rotatable bonds is 5. The lowest BCUT2D eigenvalue weighted by Crippen LogP contribution is -2.13. The van der Waals surface area contributed by atoms with Crippen molar-refractivity contribution in [2.45, 2.75) is 26.2 Å². The first kappa shape index (κ1) is 14.0. The molecule has 1 aromatic rings. The van der Waals surface area contributed by atoms with Gasteiger partial charge in [0.05, 0.1) is 24.0 Å². The van der Waals surface area contributed by atoms with Gasteiger partial charge >= 0.3 is 5.97 Å². The Kier molecular flexibility index (Phi) is 5.17. The molecule has 0 aliphatic heterocycles. The van der Waals surface area contributed by atoms with E-state index in [4.69, 9.17) is 5.73 Å². The molecule has 0 aromatic heterocycles. The van der Waals surface area contributed by atoms with E-state index in [1.54, 1.807) is 12.1 Å². The van der Waals surface area contributed by atoms with Crippen molar-refractivity contribution in [3.05, 3.63) is 23.8 Å². The second-order valence-corrected chi connectivity index (χ2v) is 3.95. The molecule has 1 rings (SSSR count). The smallest absolute Gasteiger partial charge is 0.337 e. The minimum absolute atomic E-state index is 0.106. The van der Waals surface area contributed by atoms with E-state index in [0.29, 0.717) is 23.4 Å². The van der Waals surface area contributed by atoms with Crippen LogP contribution in [-0.2, 0) is 9.53 Å². The molecule has 0 aliphatic carbocycles. The Morgan fingerprint density at radius 3 is 2.72 bits per heavy atom. The second-order valence-electron chi connectivity index (χ2n) is 3.95. The maximum Gasteiger partial charge on any atom is 0.337 e. The lowest BCUT2D eigenvalue weighted by atomic mass is 10.1. The lowest BCUT2D eigenvalue weighted by Gasteiger charge is -2.09. The molecule has 18 heavy (non-hydrogen) atoms. The van der Waals surface area contributed by atoms with Crippen LogP contribution in [0.15, 0.2) is 18.2 Å². The van der Waals surface area contributed by atoms with Gasteiger partial charge in [0.25, 0.3) is 0 Å². The normalized spacial score (nSPS) is 9.89. The van der Waals surface area contributed by atoms with Gasteiger partial charge in [-0.1, -0.05) is 13.3 Å². The summed E-state index contributed by atoms with van der Waals surface area (Å²) < 4.78 is 4.61. The van der Waals surface area contributed by atoms with Gasteiger partial charge in [-0.25, -0.2) is 4.79 Å². The molecule has 0 fully saturated rings. The highest BCUT2D eigenvalue weighted by Crippen LogP contribution is 2.21. The van der Waals surface area contributed by atoms with Crippen molar-refractivity contribution in [3.63, 3.8) is 0 Å². The number of esters is 1. The number of benzene rings is 1. The van der Waals surface area contributed by atoms with Crippen molar-refractivity contribution in [1.82, 2.24) is 0 Å². The maximum atomic E-state index is 11.6. The summed E-state index contributed by atoms with van der Waals surface area (Å²) in [6.07, 6.45) is 2.21. The summed E-state index contributed by atoms with van der Waals surface area (Å²) in [4.78, 5) is 23.0. The molecule has 0 saturated carbocycles. The Morgan fingerprint density at radius 1 is 1.39 bits per heavy atom. The molecule has 0 spiro atoms. The van der Waals surface area contributed by atoms with E-state index in [1.807, 2.05) is 6.92 Å². The van der Waals surface area contributed by atoms with Gasteiger partial charge in [0.2, 0.25) is 5.91 Å². The molecule has 1 amide bonds. The van der Waals surface area contributed by atoms with Crippen LogP contribution in [-0.4, -0.2) is 19.0 Å². The summed E-state index contributed by atoms with van der Waals surface area (Å²) in [7, 11) is 1.30. The number of methoxy groups -OCH3 is 1. The van der Waals surface area contributed by atoms with Crippen LogP contribution in [0.3, 0.4) is 0 Å². The third kappa shape index (κ3) is 3.76. The molecule has 0 bridgehead atoms. The summed E-state index contributed by atoms with van der Waals surface area (Å²) in [6.45, 7) is 2.01. The van der Waals surface area contributed by atoms with Crippen LogP contribution in [0.1, 0.15) is 36.5 Å². The van der Waals surface area contributed by atoms with Gasteiger partial charge in [-0.05, 0) is 24.6 Å². The zero-order chi connectivity index (χ0) is 13.5. The summed E-state index contributed by atoms with van der Waals surface area (Å²) in [5.74, 6) is -0.565. The largest absolute Gasteiger partial charge is 0.465 e. The van der Waals surface area contributed by atoms with E-state index in [1.165, 1.54) is 13.2 Å². The van der Waals surface area contributed by atoms with Gasteiger partial charge in [-0.2, -0.15) is 0 Å². The molecule has 5 nitrogen and oxygen atoms in total. The number of unbranched alkanes of at least 4 members (excludes halogenated alkanes) is 1. The van der Waals surface area contributed by atoms with E-state index in [0.717, 1.165) is 12.8 Å². The molecule has 0 saturated heterocycles. The number of hydrogen-bond acceptors (Lipinski definition) is 4. The molecule has 1 aromatic carbocycles. The van der Waals surface area contributed by atoms with Crippen molar-refractivity contribution in [2.24, 2.45) is 0 Å². The van der Waals surface area contributed by atoms with Crippen molar-refractivity contribution < 1.29 is 14.3 Å². The highest BCUT2D eigenvalue weighted by Gasteiger charge is 2.10. The van der Waals surface area contributed by atoms with Crippen LogP contribution >= 0.6 is 0 Å². The van der Waals surface area contributed by atoms with Gasteiger partial charge in [-0.15, -0.1) is 0 Å². The number of nitrogen functional groups attached to an aromatic ring is 1. The lowest BCUT2D eigenvalue weighted by molar-refractivity contribution is -0.116. The number of nitrogens with two attached hydrogens (primary N) is 1. The van der Waals surface area contributed by atoms with Crippen LogP contribution < -0.4 is 11.1 Å². The molecule has 5 heteroatoms. The minimum atomic E-state index is -0.459. The summed E-state index contributed by atoms with van der Waals surface area (Å²) in [6, 6.07) is 4.65.